The van der Waals surface area contributed by atoms with Gasteiger partial charge in [0.15, 0.2) is 5.82 Å². The van der Waals surface area contributed by atoms with E-state index in [0.717, 1.165) is 43.2 Å². The van der Waals surface area contributed by atoms with E-state index < -0.39 is 0 Å². The highest BCUT2D eigenvalue weighted by molar-refractivity contribution is 6.30. The maximum atomic E-state index is 10.3. The van der Waals surface area contributed by atoms with Gasteiger partial charge in [-0.25, -0.2) is 0 Å². The normalized spacial score (nSPS) is 20.6. The lowest BCUT2D eigenvalue weighted by molar-refractivity contribution is 0.244. The van der Waals surface area contributed by atoms with Gasteiger partial charge in [0.25, 0.3) is 0 Å². The van der Waals surface area contributed by atoms with Crippen molar-refractivity contribution in [2.24, 2.45) is 0 Å². The summed E-state index contributed by atoms with van der Waals surface area (Å²) in [6.45, 7) is 6.06. The van der Waals surface area contributed by atoms with Crippen molar-refractivity contribution in [3.63, 3.8) is 0 Å². The van der Waals surface area contributed by atoms with Crippen LogP contribution in [0.2, 0.25) is 5.02 Å². The molecular formula is C19H24ClN5O. The summed E-state index contributed by atoms with van der Waals surface area (Å²) < 4.78 is 0. The fourth-order valence-electron chi connectivity index (χ4n) is 4.04. The van der Waals surface area contributed by atoms with Crippen LogP contribution in [0.4, 0.5) is 11.5 Å². The monoisotopic (exact) mass is 373 g/mol. The predicted molar refractivity (Wildman–Crippen MR) is 105 cm³/mol. The molecule has 0 aliphatic carbocycles. The summed E-state index contributed by atoms with van der Waals surface area (Å²) in [5, 5.41) is 23.3. The van der Waals surface area contributed by atoms with Crippen LogP contribution in [-0.4, -0.2) is 59.5 Å². The molecule has 0 amide bonds. The largest absolute Gasteiger partial charge is 0.507 e. The molecule has 1 saturated heterocycles. The number of phenolic OH excluding ortho intramolecular Hbond substituents is 1. The fourth-order valence-corrected chi connectivity index (χ4v) is 4.20. The summed E-state index contributed by atoms with van der Waals surface area (Å²) in [6, 6.07) is 5.56. The molecule has 2 N–H and O–H groups in total. The van der Waals surface area contributed by atoms with E-state index in [1.54, 1.807) is 12.1 Å². The molecular weight excluding hydrogens is 350 g/mol. The third-order valence-electron chi connectivity index (χ3n) is 5.38. The molecule has 3 heterocycles. The van der Waals surface area contributed by atoms with Crippen LogP contribution in [0.5, 0.6) is 5.75 Å². The molecule has 1 aromatic heterocycles. The number of rotatable bonds is 2. The van der Waals surface area contributed by atoms with E-state index in [4.69, 9.17) is 11.6 Å². The number of anilines is 2. The van der Waals surface area contributed by atoms with E-state index in [-0.39, 0.29) is 5.75 Å². The number of aromatic hydroxyl groups is 1. The number of benzene rings is 1. The number of phenols is 1. The maximum absolute atomic E-state index is 10.3. The number of nitrogens with zero attached hydrogens (tertiary/aromatic N) is 4. The van der Waals surface area contributed by atoms with Crippen molar-refractivity contribution >= 4 is 23.1 Å². The summed E-state index contributed by atoms with van der Waals surface area (Å²) in [4.78, 5) is 4.78. The smallest absolute Gasteiger partial charge is 0.175 e. The highest BCUT2D eigenvalue weighted by atomic mass is 35.5. The van der Waals surface area contributed by atoms with Crippen molar-refractivity contribution in [1.82, 2.24) is 15.1 Å². The predicted octanol–water partition coefficient (Wildman–Crippen LogP) is 3.14. The number of piperidine rings is 1. The van der Waals surface area contributed by atoms with Crippen molar-refractivity contribution in [3.05, 3.63) is 28.8 Å². The molecule has 0 unspecified atom stereocenters. The first-order valence-corrected chi connectivity index (χ1v) is 9.47. The lowest BCUT2D eigenvalue weighted by Gasteiger charge is -2.41. The Morgan fingerprint density at radius 3 is 2.88 bits per heavy atom. The fraction of sp³-hybridized carbons (Fsp3) is 0.474. The quantitative estimate of drug-likeness (QED) is 0.843. The molecule has 0 bridgehead atoms. The Labute approximate surface area is 158 Å². The third-order valence-corrected chi connectivity index (χ3v) is 5.62. The number of nitrogens with one attached hydrogen (secondary N) is 1. The van der Waals surface area contributed by atoms with E-state index in [1.165, 1.54) is 18.9 Å². The van der Waals surface area contributed by atoms with Gasteiger partial charge in [-0.05, 0) is 51.6 Å². The number of hydrogen-bond acceptors (Lipinski definition) is 6. The minimum atomic E-state index is 0.122. The van der Waals surface area contributed by atoms with Gasteiger partial charge >= 0.3 is 0 Å². The number of fused-ring (bicyclic) bond motifs is 1. The Morgan fingerprint density at radius 1 is 1.27 bits per heavy atom. The second kappa shape index (κ2) is 6.93. The minimum Gasteiger partial charge on any atom is -0.507 e. The average molecular weight is 374 g/mol. The minimum absolute atomic E-state index is 0.122. The van der Waals surface area contributed by atoms with E-state index in [1.807, 2.05) is 6.92 Å². The molecule has 2 aromatic rings. The van der Waals surface area contributed by atoms with E-state index in [0.29, 0.717) is 22.3 Å². The van der Waals surface area contributed by atoms with Gasteiger partial charge in [0.05, 0.1) is 5.69 Å². The van der Waals surface area contributed by atoms with Crippen LogP contribution in [0.15, 0.2) is 18.2 Å². The van der Waals surface area contributed by atoms with Gasteiger partial charge in [0, 0.05) is 41.8 Å². The van der Waals surface area contributed by atoms with Crippen LogP contribution in [-0.2, 0) is 0 Å². The van der Waals surface area contributed by atoms with Gasteiger partial charge in [-0.2, -0.15) is 0 Å². The van der Waals surface area contributed by atoms with Crippen LogP contribution in [0.3, 0.4) is 0 Å². The molecule has 4 rings (SSSR count). The Kier molecular flexibility index (Phi) is 4.63. The lowest BCUT2D eigenvalue weighted by Crippen LogP contribution is -2.50. The molecule has 26 heavy (non-hydrogen) atoms. The van der Waals surface area contributed by atoms with Crippen LogP contribution in [0, 0.1) is 6.92 Å². The first-order chi connectivity index (χ1) is 12.5. The van der Waals surface area contributed by atoms with Crippen LogP contribution >= 0.6 is 11.6 Å². The van der Waals surface area contributed by atoms with Gasteiger partial charge in [0.1, 0.15) is 11.4 Å². The molecule has 138 valence electrons. The Hall–Kier alpha value is -2.05. The van der Waals surface area contributed by atoms with Gasteiger partial charge in [-0.15, -0.1) is 10.2 Å². The molecule has 1 fully saturated rings. The Morgan fingerprint density at radius 2 is 2.12 bits per heavy atom. The van der Waals surface area contributed by atoms with E-state index in [9.17, 15) is 5.11 Å². The number of likely N-dealkylation sites (tertiary alicyclic amines) is 1. The zero-order valence-corrected chi connectivity index (χ0v) is 15.9. The molecule has 1 atom stereocenters. The first-order valence-electron chi connectivity index (χ1n) is 9.10. The standard InChI is InChI=1S/C19H24ClN5O/c1-12-17(15-6-5-13(20)10-16(15)26)22-23-19-18(12)21-7-9-25(19)14-4-3-8-24(2)11-14/h5-6,10,14,21,26H,3-4,7-9,11H2,1-2H3/t14-/m0/s1. The molecule has 2 aliphatic heterocycles. The molecule has 0 spiro atoms. The van der Waals surface area contributed by atoms with Crippen LogP contribution < -0.4 is 10.2 Å². The van der Waals surface area contributed by atoms with E-state index >= 15 is 0 Å². The average Bonchev–Trinajstić information content (AvgIpc) is 2.62. The summed E-state index contributed by atoms with van der Waals surface area (Å²) in [5.41, 5.74) is 3.36. The highest BCUT2D eigenvalue weighted by Gasteiger charge is 2.30. The molecule has 0 radical (unpaired) electrons. The molecule has 0 saturated carbocycles. The molecule has 2 aliphatic rings. The topological polar surface area (TPSA) is 64.5 Å². The van der Waals surface area contributed by atoms with E-state index in [2.05, 4.69) is 32.4 Å². The van der Waals surface area contributed by atoms with Crippen molar-refractivity contribution in [2.75, 3.05) is 43.4 Å². The van der Waals surface area contributed by atoms with Gasteiger partial charge < -0.3 is 20.2 Å². The van der Waals surface area contributed by atoms with Crippen molar-refractivity contribution in [3.8, 4) is 17.0 Å². The second-order valence-corrected chi connectivity index (χ2v) is 7.65. The molecule has 6 nitrogen and oxygen atoms in total. The number of likely N-dealkylation sites (N-methyl/N-ethyl adjacent to an activating group) is 1. The summed E-state index contributed by atoms with van der Waals surface area (Å²) in [6.07, 6.45) is 2.40. The number of hydrogen-bond donors (Lipinski definition) is 2. The molecule has 7 heteroatoms. The Bertz CT molecular complexity index is 828. The number of aromatic nitrogens is 2. The molecule has 1 aromatic carbocycles. The van der Waals surface area contributed by atoms with Crippen molar-refractivity contribution in [1.29, 1.82) is 0 Å². The Balaban J connectivity index is 1.72. The summed E-state index contributed by atoms with van der Waals surface area (Å²) in [7, 11) is 2.18. The van der Waals surface area contributed by atoms with Gasteiger partial charge in [0.2, 0.25) is 0 Å². The van der Waals surface area contributed by atoms with Crippen LogP contribution in [0.1, 0.15) is 18.4 Å². The van der Waals surface area contributed by atoms with Gasteiger partial charge in [-0.3, -0.25) is 0 Å². The van der Waals surface area contributed by atoms with Gasteiger partial charge in [-0.1, -0.05) is 11.6 Å². The lowest BCUT2D eigenvalue weighted by atomic mass is 10.0. The second-order valence-electron chi connectivity index (χ2n) is 7.21. The van der Waals surface area contributed by atoms with Crippen molar-refractivity contribution < 1.29 is 5.11 Å². The third kappa shape index (κ3) is 3.08. The summed E-state index contributed by atoms with van der Waals surface area (Å²) >= 11 is 5.96. The first kappa shape index (κ1) is 17.4. The van der Waals surface area contributed by atoms with Crippen molar-refractivity contribution in [2.45, 2.75) is 25.8 Å². The SMILES string of the molecule is Cc1c(-c2ccc(Cl)cc2O)nnc2c1NCCN2[C@H]1CCCN(C)C1. The summed E-state index contributed by atoms with van der Waals surface area (Å²) in [5.74, 6) is 1.04. The van der Waals surface area contributed by atoms with Crippen LogP contribution in [0.25, 0.3) is 11.3 Å². The zero-order chi connectivity index (χ0) is 18.3. The maximum Gasteiger partial charge on any atom is 0.175 e. The highest BCUT2D eigenvalue weighted by Crippen LogP contribution is 2.39. The zero-order valence-electron chi connectivity index (χ0n) is 15.2. The number of halogens is 1.